The first kappa shape index (κ1) is 18.5. The second kappa shape index (κ2) is 7.38. The minimum Gasteiger partial charge on any atom is -0.493 e. The molecule has 152 valence electrons. The van der Waals surface area contributed by atoms with Crippen molar-refractivity contribution in [2.75, 3.05) is 32.1 Å². The predicted molar refractivity (Wildman–Crippen MR) is 112 cm³/mol. The third-order valence-corrected chi connectivity index (χ3v) is 6.66. The predicted octanol–water partition coefficient (Wildman–Crippen LogP) is 3.97. The lowest BCUT2D eigenvalue weighted by molar-refractivity contribution is -0.122. The van der Waals surface area contributed by atoms with Gasteiger partial charge in [-0.25, -0.2) is 0 Å². The minimum absolute atomic E-state index is 0.126. The van der Waals surface area contributed by atoms with Crippen molar-refractivity contribution in [1.82, 2.24) is 4.90 Å². The average Bonchev–Trinajstić information content (AvgIpc) is 3.53. The third kappa shape index (κ3) is 3.48. The van der Waals surface area contributed by atoms with E-state index in [9.17, 15) is 4.79 Å². The van der Waals surface area contributed by atoms with Crippen LogP contribution in [-0.2, 0) is 16.8 Å². The van der Waals surface area contributed by atoms with Crippen molar-refractivity contribution in [2.45, 2.75) is 37.7 Å². The van der Waals surface area contributed by atoms with Crippen LogP contribution in [0.2, 0.25) is 0 Å². The van der Waals surface area contributed by atoms with Gasteiger partial charge in [-0.1, -0.05) is 30.3 Å². The number of carbonyl (C=O) groups is 1. The second-order valence-corrected chi connectivity index (χ2v) is 8.60. The van der Waals surface area contributed by atoms with Crippen LogP contribution in [0.3, 0.4) is 0 Å². The van der Waals surface area contributed by atoms with Crippen LogP contribution in [0.1, 0.15) is 36.8 Å². The Labute approximate surface area is 172 Å². The van der Waals surface area contributed by atoms with Crippen LogP contribution in [0.25, 0.3) is 0 Å². The highest BCUT2D eigenvalue weighted by Gasteiger charge is 2.49. The van der Waals surface area contributed by atoms with Gasteiger partial charge in [0, 0.05) is 18.3 Å². The summed E-state index contributed by atoms with van der Waals surface area (Å²) in [5, 5.41) is 3.12. The van der Waals surface area contributed by atoms with Gasteiger partial charge in [-0.2, -0.15) is 0 Å². The molecule has 0 atom stereocenters. The number of hydrogen-bond donors (Lipinski definition) is 1. The topological polar surface area (TPSA) is 50.8 Å². The first-order chi connectivity index (χ1) is 14.2. The zero-order chi connectivity index (χ0) is 19.8. The maximum atomic E-state index is 13.0. The molecule has 5 nitrogen and oxygen atoms in total. The van der Waals surface area contributed by atoms with Gasteiger partial charge >= 0.3 is 0 Å². The van der Waals surface area contributed by atoms with Gasteiger partial charge in [0.05, 0.1) is 12.5 Å². The zero-order valence-electron chi connectivity index (χ0n) is 16.9. The van der Waals surface area contributed by atoms with Gasteiger partial charge in [-0.15, -0.1) is 0 Å². The van der Waals surface area contributed by atoms with Crippen molar-refractivity contribution in [3.05, 3.63) is 53.6 Å². The van der Waals surface area contributed by atoms with E-state index in [4.69, 9.17) is 9.47 Å². The SMILES string of the molecule is COc1cc2c(cc1OCc1ccccc1)NC(=O)C21CCN(CC2CC2)CC1. The Morgan fingerprint density at radius 3 is 2.55 bits per heavy atom. The molecule has 2 aromatic carbocycles. The fourth-order valence-corrected chi connectivity index (χ4v) is 4.71. The van der Waals surface area contributed by atoms with Crippen LogP contribution < -0.4 is 14.8 Å². The van der Waals surface area contributed by atoms with Crippen molar-refractivity contribution >= 4 is 11.6 Å². The molecule has 0 unspecified atom stereocenters. The van der Waals surface area contributed by atoms with Crippen molar-refractivity contribution in [3.8, 4) is 11.5 Å². The number of nitrogens with one attached hydrogen (secondary N) is 1. The Kier molecular flexibility index (Phi) is 4.70. The number of nitrogens with zero attached hydrogens (tertiary/aromatic N) is 1. The molecule has 1 saturated carbocycles. The summed E-state index contributed by atoms with van der Waals surface area (Å²) in [6.07, 6.45) is 4.47. The van der Waals surface area contributed by atoms with Crippen molar-refractivity contribution in [3.63, 3.8) is 0 Å². The Morgan fingerprint density at radius 1 is 1.10 bits per heavy atom. The van der Waals surface area contributed by atoms with Gasteiger partial charge < -0.3 is 19.7 Å². The Morgan fingerprint density at radius 2 is 1.86 bits per heavy atom. The lowest BCUT2D eigenvalue weighted by atomic mass is 9.73. The molecule has 1 amide bonds. The molecule has 2 heterocycles. The van der Waals surface area contributed by atoms with E-state index in [0.717, 1.165) is 48.7 Å². The molecule has 1 aliphatic carbocycles. The Balaban J connectivity index is 1.37. The third-order valence-electron chi connectivity index (χ3n) is 6.66. The van der Waals surface area contributed by atoms with Gasteiger partial charge in [0.1, 0.15) is 6.61 Å². The highest BCUT2D eigenvalue weighted by atomic mass is 16.5. The standard InChI is InChI=1S/C24H28N2O3/c1-28-21-13-19-20(14-22(21)29-16-18-5-3-2-4-6-18)25-23(27)24(19)9-11-26(12-10-24)15-17-7-8-17/h2-6,13-14,17H,7-12,15-16H2,1H3,(H,25,27). The minimum atomic E-state index is -0.430. The van der Waals surface area contributed by atoms with E-state index >= 15 is 0 Å². The monoisotopic (exact) mass is 392 g/mol. The second-order valence-electron chi connectivity index (χ2n) is 8.60. The summed E-state index contributed by atoms with van der Waals surface area (Å²) in [6.45, 7) is 3.63. The summed E-state index contributed by atoms with van der Waals surface area (Å²) in [4.78, 5) is 15.6. The van der Waals surface area contributed by atoms with Gasteiger partial charge in [0.2, 0.25) is 5.91 Å². The number of hydrogen-bond acceptors (Lipinski definition) is 4. The van der Waals surface area contributed by atoms with Gasteiger partial charge in [0.15, 0.2) is 11.5 Å². The number of ether oxygens (including phenoxy) is 2. The van der Waals surface area contributed by atoms with Crippen LogP contribution in [0.5, 0.6) is 11.5 Å². The number of likely N-dealkylation sites (tertiary alicyclic amines) is 1. The maximum absolute atomic E-state index is 13.0. The lowest BCUT2D eigenvalue weighted by Crippen LogP contribution is -2.46. The van der Waals surface area contributed by atoms with Crippen molar-refractivity contribution in [2.24, 2.45) is 5.92 Å². The number of anilines is 1. The van der Waals surface area contributed by atoms with Crippen LogP contribution >= 0.6 is 0 Å². The quantitative estimate of drug-likeness (QED) is 0.808. The molecule has 5 rings (SSSR count). The zero-order valence-corrected chi connectivity index (χ0v) is 16.9. The first-order valence-electron chi connectivity index (χ1n) is 10.6. The van der Waals surface area contributed by atoms with E-state index < -0.39 is 5.41 Å². The van der Waals surface area contributed by atoms with Crippen molar-refractivity contribution in [1.29, 1.82) is 0 Å². The fourth-order valence-electron chi connectivity index (χ4n) is 4.71. The Bertz CT molecular complexity index is 900. The summed E-state index contributed by atoms with van der Waals surface area (Å²) in [7, 11) is 1.66. The molecule has 2 aliphatic heterocycles. The number of fused-ring (bicyclic) bond motifs is 2. The van der Waals surface area contributed by atoms with Gasteiger partial charge in [-0.05, 0) is 61.9 Å². The summed E-state index contributed by atoms with van der Waals surface area (Å²) in [5.74, 6) is 2.37. The molecule has 2 fully saturated rings. The molecule has 3 aliphatic rings. The van der Waals surface area contributed by atoms with Crippen LogP contribution in [0.4, 0.5) is 5.69 Å². The van der Waals surface area contributed by atoms with E-state index in [1.165, 1.54) is 19.4 Å². The number of benzene rings is 2. The highest BCUT2D eigenvalue weighted by molar-refractivity contribution is 6.06. The number of carbonyl (C=O) groups excluding carboxylic acids is 1. The van der Waals surface area contributed by atoms with E-state index in [2.05, 4.69) is 10.2 Å². The van der Waals surface area contributed by atoms with Crippen LogP contribution in [-0.4, -0.2) is 37.6 Å². The summed E-state index contributed by atoms with van der Waals surface area (Å²) < 4.78 is 11.7. The normalized spacial score (nSPS) is 20.4. The summed E-state index contributed by atoms with van der Waals surface area (Å²) in [6, 6.07) is 14.0. The van der Waals surface area contributed by atoms with Gasteiger partial charge in [0.25, 0.3) is 0 Å². The number of piperidine rings is 1. The molecule has 1 N–H and O–H groups in total. The molecule has 5 heteroatoms. The van der Waals surface area contributed by atoms with Crippen LogP contribution in [0.15, 0.2) is 42.5 Å². The Hall–Kier alpha value is -2.53. The first-order valence-corrected chi connectivity index (χ1v) is 10.6. The molecular formula is C24H28N2O3. The van der Waals surface area contributed by atoms with Crippen molar-refractivity contribution < 1.29 is 14.3 Å². The number of methoxy groups -OCH3 is 1. The fraction of sp³-hybridized carbons (Fsp3) is 0.458. The molecule has 0 radical (unpaired) electrons. The van der Waals surface area contributed by atoms with E-state index in [1.807, 2.05) is 42.5 Å². The average molecular weight is 392 g/mol. The molecule has 2 aromatic rings. The molecule has 1 saturated heterocycles. The number of rotatable bonds is 6. The largest absolute Gasteiger partial charge is 0.493 e. The van der Waals surface area contributed by atoms with E-state index in [0.29, 0.717) is 18.1 Å². The lowest BCUT2D eigenvalue weighted by Gasteiger charge is -2.38. The van der Waals surface area contributed by atoms with E-state index in [1.54, 1.807) is 7.11 Å². The molecule has 29 heavy (non-hydrogen) atoms. The summed E-state index contributed by atoms with van der Waals surface area (Å²) >= 11 is 0. The molecule has 1 spiro atoms. The maximum Gasteiger partial charge on any atom is 0.235 e. The van der Waals surface area contributed by atoms with Gasteiger partial charge in [-0.3, -0.25) is 4.79 Å². The number of amides is 1. The summed E-state index contributed by atoms with van der Waals surface area (Å²) in [5.41, 5.74) is 2.60. The van der Waals surface area contributed by atoms with Crippen LogP contribution in [0, 0.1) is 5.92 Å². The smallest absolute Gasteiger partial charge is 0.235 e. The van der Waals surface area contributed by atoms with E-state index in [-0.39, 0.29) is 5.91 Å². The molecule has 0 bridgehead atoms. The highest BCUT2D eigenvalue weighted by Crippen LogP contribution is 2.49. The molecule has 0 aromatic heterocycles. The molecular weight excluding hydrogens is 364 g/mol.